The fraction of sp³-hybridized carbons (Fsp3) is 0.833. The van der Waals surface area contributed by atoms with Gasteiger partial charge in [-0.05, 0) is 24.9 Å². The molecule has 0 aliphatic carbocycles. The van der Waals surface area contributed by atoms with Crippen molar-refractivity contribution in [3.05, 3.63) is 10.1 Å². The van der Waals surface area contributed by atoms with Crippen molar-refractivity contribution in [3.63, 3.8) is 0 Å². The standard InChI is InChI=1S/C12H22N2O6S/c1-4-5-9(20-14(17)18)8-11(15)13-10(6-7-21-3)12(16)19-2/h9-10H,4-8H2,1-3H3,(H,13,15). The number of ether oxygens (including phenoxy) is 1. The lowest BCUT2D eigenvalue weighted by Crippen LogP contribution is -2.43. The Balaban J connectivity index is 4.50. The number of nitrogens with one attached hydrogen (secondary N) is 1. The Morgan fingerprint density at radius 3 is 2.52 bits per heavy atom. The number of amides is 1. The summed E-state index contributed by atoms with van der Waals surface area (Å²) in [4.78, 5) is 38.2. The van der Waals surface area contributed by atoms with E-state index in [9.17, 15) is 19.7 Å². The van der Waals surface area contributed by atoms with Gasteiger partial charge in [0.15, 0.2) is 0 Å². The highest BCUT2D eigenvalue weighted by Crippen LogP contribution is 2.09. The van der Waals surface area contributed by atoms with Crippen molar-refractivity contribution in [1.29, 1.82) is 0 Å². The normalized spacial score (nSPS) is 13.1. The van der Waals surface area contributed by atoms with Gasteiger partial charge in [-0.1, -0.05) is 13.3 Å². The van der Waals surface area contributed by atoms with Gasteiger partial charge in [-0.25, -0.2) is 4.79 Å². The first kappa shape index (κ1) is 19.5. The average molecular weight is 322 g/mol. The van der Waals surface area contributed by atoms with Crippen LogP contribution in [0.5, 0.6) is 0 Å². The molecule has 2 unspecified atom stereocenters. The van der Waals surface area contributed by atoms with Crippen LogP contribution in [-0.2, 0) is 19.2 Å². The van der Waals surface area contributed by atoms with E-state index in [1.807, 2.05) is 13.2 Å². The van der Waals surface area contributed by atoms with Gasteiger partial charge in [-0.3, -0.25) is 4.79 Å². The molecule has 8 nitrogen and oxygen atoms in total. The maximum atomic E-state index is 11.9. The number of thioether (sulfide) groups is 1. The molecular formula is C12H22N2O6S. The van der Waals surface area contributed by atoms with Crippen molar-refractivity contribution in [1.82, 2.24) is 5.32 Å². The Morgan fingerprint density at radius 2 is 2.05 bits per heavy atom. The number of hydrogen-bond donors (Lipinski definition) is 1. The van der Waals surface area contributed by atoms with Gasteiger partial charge in [0.1, 0.15) is 12.1 Å². The van der Waals surface area contributed by atoms with Crippen LogP contribution in [0.3, 0.4) is 0 Å². The average Bonchev–Trinajstić information content (AvgIpc) is 2.42. The minimum Gasteiger partial charge on any atom is -0.467 e. The molecule has 0 spiro atoms. The van der Waals surface area contributed by atoms with Crippen molar-refractivity contribution in [3.8, 4) is 0 Å². The molecule has 0 rings (SSSR count). The quantitative estimate of drug-likeness (QED) is 0.345. The summed E-state index contributed by atoms with van der Waals surface area (Å²) in [5, 5.41) is 12.0. The Bertz CT molecular complexity index is 353. The first-order valence-corrected chi connectivity index (χ1v) is 8.01. The summed E-state index contributed by atoms with van der Waals surface area (Å²) < 4.78 is 4.62. The third-order valence-electron chi connectivity index (χ3n) is 2.69. The van der Waals surface area contributed by atoms with Crippen molar-refractivity contribution < 1.29 is 24.3 Å². The number of methoxy groups -OCH3 is 1. The first-order chi connectivity index (χ1) is 9.94. The number of nitrogens with zero attached hydrogens (tertiary/aromatic N) is 1. The van der Waals surface area contributed by atoms with E-state index >= 15 is 0 Å². The monoisotopic (exact) mass is 322 g/mol. The molecule has 0 bridgehead atoms. The minimum absolute atomic E-state index is 0.165. The molecule has 2 atom stereocenters. The predicted octanol–water partition coefficient (Wildman–Crippen LogP) is 1.16. The summed E-state index contributed by atoms with van der Waals surface area (Å²) in [6, 6.07) is -0.743. The number of carbonyl (C=O) groups excluding carboxylic acids is 2. The fourth-order valence-corrected chi connectivity index (χ4v) is 2.19. The van der Waals surface area contributed by atoms with E-state index in [1.54, 1.807) is 11.8 Å². The van der Waals surface area contributed by atoms with Crippen molar-refractivity contribution in [2.45, 2.75) is 44.8 Å². The van der Waals surface area contributed by atoms with Crippen LogP contribution < -0.4 is 5.32 Å². The van der Waals surface area contributed by atoms with Crippen LogP contribution in [0, 0.1) is 10.1 Å². The Labute approximate surface area is 128 Å². The van der Waals surface area contributed by atoms with Gasteiger partial charge in [-0.2, -0.15) is 11.8 Å². The second-order valence-corrected chi connectivity index (χ2v) is 5.35. The SMILES string of the molecule is CCCC(CC(=O)NC(CCSC)C(=O)OC)O[N+](=O)[O-]. The third-order valence-corrected chi connectivity index (χ3v) is 3.33. The van der Waals surface area contributed by atoms with Gasteiger partial charge < -0.3 is 14.9 Å². The van der Waals surface area contributed by atoms with E-state index in [0.29, 0.717) is 25.0 Å². The highest BCUT2D eigenvalue weighted by Gasteiger charge is 2.23. The first-order valence-electron chi connectivity index (χ1n) is 6.61. The Hall–Kier alpha value is -1.51. The zero-order valence-corrected chi connectivity index (χ0v) is 13.3. The maximum Gasteiger partial charge on any atom is 0.328 e. The summed E-state index contributed by atoms with van der Waals surface area (Å²) in [6.07, 6.45) is 2.40. The van der Waals surface area contributed by atoms with Crippen molar-refractivity contribution in [2.24, 2.45) is 0 Å². The van der Waals surface area contributed by atoms with Crippen LogP contribution in [0.25, 0.3) is 0 Å². The molecule has 0 aromatic rings. The second kappa shape index (κ2) is 11.2. The fourth-order valence-electron chi connectivity index (χ4n) is 1.72. The molecule has 21 heavy (non-hydrogen) atoms. The summed E-state index contributed by atoms with van der Waals surface area (Å²) in [5.41, 5.74) is 0. The van der Waals surface area contributed by atoms with Gasteiger partial charge in [-0.15, -0.1) is 10.1 Å². The summed E-state index contributed by atoms with van der Waals surface area (Å²) >= 11 is 1.54. The van der Waals surface area contributed by atoms with Crippen LogP contribution in [0.15, 0.2) is 0 Å². The molecule has 0 aromatic carbocycles. The smallest absolute Gasteiger partial charge is 0.328 e. The van der Waals surface area contributed by atoms with E-state index in [1.165, 1.54) is 7.11 Å². The van der Waals surface area contributed by atoms with Crippen molar-refractivity contribution in [2.75, 3.05) is 19.1 Å². The molecule has 1 amide bonds. The summed E-state index contributed by atoms with van der Waals surface area (Å²) in [6.45, 7) is 1.84. The van der Waals surface area contributed by atoms with E-state index < -0.39 is 29.1 Å². The van der Waals surface area contributed by atoms with E-state index in [-0.39, 0.29) is 6.42 Å². The van der Waals surface area contributed by atoms with Crippen molar-refractivity contribution >= 4 is 23.6 Å². The molecule has 0 radical (unpaired) electrons. The summed E-state index contributed by atoms with van der Waals surface area (Å²) in [7, 11) is 1.25. The van der Waals surface area contributed by atoms with E-state index in [0.717, 1.165) is 0 Å². The molecule has 0 aliphatic heterocycles. The van der Waals surface area contributed by atoms with Gasteiger partial charge in [0.2, 0.25) is 5.91 Å². The van der Waals surface area contributed by atoms with Crippen LogP contribution in [0.4, 0.5) is 0 Å². The molecule has 0 heterocycles. The van der Waals surface area contributed by atoms with Crippen LogP contribution in [0.2, 0.25) is 0 Å². The molecule has 122 valence electrons. The predicted molar refractivity (Wildman–Crippen MR) is 78.3 cm³/mol. The lowest BCUT2D eigenvalue weighted by Gasteiger charge is -2.18. The molecule has 0 saturated carbocycles. The molecule has 0 saturated heterocycles. The number of hydrogen-bond acceptors (Lipinski definition) is 7. The van der Waals surface area contributed by atoms with E-state index in [2.05, 4.69) is 14.9 Å². The van der Waals surface area contributed by atoms with Crippen LogP contribution in [0.1, 0.15) is 32.6 Å². The molecule has 9 heteroatoms. The Kier molecular flexibility index (Phi) is 10.4. The Morgan fingerprint density at radius 1 is 1.38 bits per heavy atom. The highest BCUT2D eigenvalue weighted by atomic mass is 32.2. The van der Waals surface area contributed by atoms with Crippen LogP contribution >= 0.6 is 11.8 Å². The van der Waals surface area contributed by atoms with Gasteiger partial charge in [0.05, 0.1) is 13.5 Å². The third kappa shape index (κ3) is 9.11. The molecule has 0 fully saturated rings. The molecule has 0 aromatic heterocycles. The minimum atomic E-state index is -0.904. The molecule has 0 aliphatic rings. The number of rotatable bonds is 11. The molecular weight excluding hydrogens is 300 g/mol. The van der Waals surface area contributed by atoms with Gasteiger partial charge in [0.25, 0.3) is 5.09 Å². The summed E-state index contributed by atoms with van der Waals surface area (Å²) in [5.74, 6) is -0.310. The highest BCUT2D eigenvalue weighted by molar-refractivity contribution is 7.98. The number of esters is 1. The van der Waals surface area contributed by atoms with E-state index in [4.69, 9.17) is 0 Å². The lowest BCUT2D eigenvalue weighted by molar-refractivity contribution is -0.768. The zero-order valence-electron chi connectivity index (χ0n) is 12.5. The second-order valence-electron chi connectivity index (χ2n) is 4.37. The largest absolute Gasteiger partial charge is 0.467 e. The molecule has 1 N–H and O–H groups in total. The maximum absolute atomic E-state index is 11.9. The topological polar surface area (TPSA) is 108 Å². The lowest BCUT2D eigenvalue weighted by atomic mass is 10.1. The van der Waals surface area contributed by atoms with Gasteiger partial charge >= 0.3 is 5.97 Å². The zero-order chi connectivity index (χ0) is 16.3. The van der Waals surface area contributed by atoms with Crippen LogP contribution in [-0.4, -0.2) is 48.2 Å². The number of carbonyl (C=O) groups is 2. The van der Waals surface area contributed by atoms with Gasteiger partial charge in [0, 0.05) is 0 Å².